The summed E-state index contributed by atoms with van der Waals surface area (Å²) in [7, 11) is 0. The molecule has 0 saturated carbocycles. The number of fused-ring (bicyclic) bond motifs is 16. The molecular formula is C54H44N2. The van der Waals surface area contributed by atoms with Crippen molar-refractivity contribution in [3.05, 3.63) is 166 Å². The number of hydrogen-bond donors (Lipinski definition) is 0. The lowest BCUT2D eigenvalue weighted by molar-refractivity contribution is 0.629. The number of para-hydroxylation sites is 4. The Labute approximate surface area is 328 Å². The second-order valence-corrected chi connectivity index (χ2v) is 19.4. The predicted octanol–water partition coefficient (Wildman–Crippen LogP) is 13.8. The molecule has 2 aliphatic carbocycles. The van der Waals surface area contributed by atoms with E-state index in [0.717, 1.165) is 0 Å². The molecule has 2 heteroatoms. The Bertz CT molecular complexity index is 3130. The minimum absolute atomic E-state index is 0.0746. The van der Waals surface area contributed by atoms with E-state index in [-0.39, 0.29) is 21.7 Å². The molecule has 0 amide bonds. The smallest absolute Gasteiger partial charge is 0.0582 e. The molecule has 0 spiro atoms. The van der Waals surface area contributed by atoms with Gasteiger partial charge in [-0.15, -0.1) is 0 Å². The molecule has 0 atom stereocenters. The first-order valence-corrected chi connectivity index (χ1v) is 20.4. The van der Waals surface area contributed by atoms with Crippen molar-refractivity contribution in [3.8, 4) is 33.6 Å². The first-order valence-electron chi connectivity index (χ1n) is 20.4. The molecular weight excluding hydrogens is 677 g/mol. The molecule has 4 aliphatic rings. The first-order chi connectivity index (χ1) is 26.8. The van der Waals surface area contributed by atoms with Gasteiger partial charge in [-0.25, -0.2) is 0 Å². The molecule has 2 nitrogen and oxygen atoms in total. The van der Waals surface area contributed by atoms with Crippen LogP contribution < -0.4 is 0 Å². The van der Waals surface area contributed by atoms with E-state index in [4.69, 9.17) is 0 Å². The summed E-state index contributed by atoms with van der Waals surface area (Å²) in [6.45, 7) is 19.3. The molecule has 2 aliphatic heterocycles. The quantitative estimate of drug-likeness (QED) is 0.148. The second-order valence-electron chi connectivity index (χ2n) is 19.4. The van der Waals surface area contributed by atoms with Crippen LogP contribution in [0.4, 0.5) is 0 Å². The molecule has 56 heavy (non-hydrogen) atoms. The largest absolute Gasteiger partial charge is 0.309 e. The molecule has 7 aromatic carbocycles. The third-order valence-corrected chi connectivity index (χ3v) is 15.3. The second kappa shape index (κ2) is 9.39. The van der Waals surface area contributed by atoms with Gasteiger partial charge in [0.15, 0.2) is 0 Å². The summed E-state index contributed by atoms with van der Waals surface area (Å²) in [5, 5.41) is 5.39. The van der Waals surface area contributed by atoms with E-state index in [9.17, 15) is 0 Å². The Morgan fingerprint density at radius 2 is 0.643 bits per heavy atom. The van der Waals surface area contributed by atoms with E-state index in [0.29, 0.717) is 0 Å². The summed E-state index contributed by atoms with van der Waals surface area (Å²) in [5.74, 6) is 0. The van der Waals surface area contributed by atoms with Gasteiger partial charge in [0.1, 0.15) is 0 Å². The highest BCUT2D eigenvalue weighted by atomic mass is 15.0. The van der Waals surface area contributed by atoms with E-state index >= 15 is 0 Å². The molecule has 4 heterocycles. The van der Waals surface area contributed by atoms with Gasteiger partial charge in [0.05, 0.1) is 33.4 Å². The van der Waals surface area contributed by atoms with Gasteiger partial charge in [0, 0.05) is 43.2 Å². The Morgan fingerprint density at radius 1 is 0.304 bits per heavy atom. The summed E-state index contributed by atoms with van der Waals surface area (Å²) >= 11 is 0. The van der Waals surface area contributed by atoms with Gasteiger partial charge in [-0.3, -0.25) is 0 Å². The van der Waals surface area contributed by atoms with Crippen LogP contribution in [0, 0.1) is 0 Å². The molecule has 0 N–H and O–H groups in total. The maximum Gasteiger partial charge on any atom is 0.0582 e. The Hall–Kier alpha value is -5.86. The SMILES string of the molecule is CC1(C)c2cc3c(cc2-c2cc4c5cccc6c5n(c4cc21)-c1ccccc1C6(C)C)C(C)(C)c1cc2c(cc1-3)c1cccc3c1n2-c1ccccc1C3(C)C. The lowest BCUT2D eigenvalue weighted by Crippen LogP contribution is -2.26. The maximum absolute atomic E-state index is 2.58. The van der Waals surface area contributed by atoms with Crippen LogP contribution in [-0.2, 0) is 21.7 Å². The number of hydrogen-bond acceptors (Lipinski definition) is 0. The predicted molar refractivity (Wildman–Crippen MR) is 235 cm³/mol. The van der Waals surface area contributed by atoms with Crippen molar-refractivity contribution < 1.29 is 0 Å². The third-order valence-electron chi connectivity index (χ3n) is 15.3. The number of rotatable bonds is 0. The summed E-state index contributed by atoms with van der Waals surface area (Å²) in [5.41, 5.74) is 24.4. The molecule has 2 aromatic heterocycles. The number of aromatic nitrogens is 2. The number of benzene rings is 7. The fourth-order valence-electron chi connectivity index (χ4n) is 12.3. The fourth-order valence-corrected chi connectivity index (χ4v) is 12.3. The van der Waals surface area contributed by atoms with E-state index in [2.05, 4.69) is 186 Å². The maximum atomic E-state index is 2.58. The number of nitrogens with zero attached hydrogens (tertiary/aromatic N) is 2. The molecule has 0 radical (unpaired) electrons. The zero-order valence-electron chi connectivity index (χ0n) is 33.4. The molecule has 9 aromatic rings. The van der Waals surface area contributed by atoms with Crippen LogP contribution in [-0.4, -0.2) is 9.13 Å². The van der Waals surface area contributed by atoms with Gasteiger partial charge in [0.2, 0.25) is 0 Å². The van der Waals surface area contributed by atoms with Gasteiger partial charge in [-0.05, 0) is 115 Å². The van der Waals surface area contributed by atoms with E-state index in [1.807, 2.05) is 0 Å². The van der Waals surface area contributed by atoms with Crippen molar-refractivity contribution in [2.24, 2.45) is 0 Å². The highest BCUT2D eigenvalue weighted by molar-refractivity contribution is 6.15. The summed E-state index contributed by atoms with van der Waals surface area (Å²) in [4.78, 5) is 0. The summed E-state index contributed by atoms with van der Waals surface area (Å²) < 4.78 is 5.14. The Kier molecular flexibility index (Phi) is 5.26. The zero-order chi connectivity index (χ0) is 38.0. The van der Waals surface area contributed by atoms with E-state index in [1.165, 1.54) is 122 Å². The van der Waals surface area contributed by atoms with Crippen molar-refractivity contribution >= 4 is 43.6 Å². The van der Waals surface area contributed by atoms with Gasteiger partial charge >= 0.3 is 0 Å². The normalized spacial score (nSPS) is 17.9. The van der Waals surface area contributed by atoms with Gasteiger partial charge in [-0.2, -0.15) is 0 Å². The summed E-state index contributed by atoms with van der Waals surface area (Å²) in [6, 6.07) is 47.4. The topological polar surface area (TPSA) is 9.86 Å². The highest BCUT2D eigenvalue weighted by Gasteiger charge is 2.44. The van der Waals surface area contributed by atoms with Crippen molar-refractivity contribution in [1.29, 1.82) is 0 Å². The van der Waals surface area contributed by atoms with Crippen LogP contribution in [0.15, 0.2) is 121 Å². The fraction of sp³-hybridized carbons (Fsp3) is 0.222. The van der Waals surface area contributed by atoms with Gasteiger partial charge in [0.25, 0.3) is 0 Å². The lowest BCUT2D eigenvalue weighted by atomic mass is 9.75. The minimum atomic E-state index is -0.156. The van der Waals surface area contributed by atoms with Crippen LogP contribution in [0.25, 0.3) is 77.2 Å². The molecule has 270 valence electrons. The van der Waals surface area contributed by atoms with Crippen LogP contribution in [0.5, 0.6) is 0 Å². The van der Waals surface area contributed by atoms with Crippen molar-refractivity contribution in [2.45, 2.75) is 77.0 Å². The van der Waals surface area contributed by atoms with E-state index in [1.54, 1.807) is 0 Å². The molecule has 13 rings (SSSR count). The molecule has 0 fully saturated rings. The lowest BCUT2D eigenvalue weighted by Gasteiger charge is -2.34. The van der Waals surface area contributed by atoms with Crippen LogP contribution in [0.1, 0.15) is 99.9 Å². The monoisotopic (exact) mass is 720 g/mol. The highest BCUT2D eigenvalue weighted by Crippen LogP contribution is 2.59. The Morgan fingerprint density at radius 3 is 1.07 bits per heavy atom. The van der Waals surface area contributed by atoms with Crippen LogP contribution in [0.2, 0.25) is 0 Å². The Balaban J connectivity index is 1.06. The van der Waals surface area contributed by atoms with Gasteiger partial charge < -0.3 is 9.13 Å². The molecule has 0 bridgehead atoms. The molecule has 0 unspecified atom stereocenters. The van der Waals surface area contributed by atoms with Crippen LogP contribution >= 0.6 is 0 Å². The first kappa shape index (κ1) is 31.4. The standard InChI is InChI=1S/C54H44N2/c1-51(2)37-17-9-11-21-45(37)55-47-27-43-31(23-35(47)29-15-13-19-39(51)49(29)55)33-25-42-34(26-41(33)53(43,5)6)32-24-36-30-16-14-20-40-50(30)56(48(36)28-44(32)54(42,7)8)46-22-12-10-18-38(46)52(40,3)4/h9-28H,1-8H3. The summed E-state index contributed by atoms with van der Waals surface area (Å²) in [6.07, 6.45) is 0. The van der Waals surface area contributed by atoms with Crippen LogP contribution in [0.3, 0.4) is 0 Å². The third kappa shape index (κ3) is 3.30. The van der Waals surface area contributed by atoms with Gasteiger partial charge in [-0.1, -0.05) is 128 Å². The van der Waals surface area contributed by atoms with Crippen molar-refractivity contribution in [2.75, 3.05) is 0 Å². The average molecular weight is 721 g/mol. The molecule has 0 saturated heterocycles. The zero-order valence-corrected chi connectivity index (χ0v) is 33.4. The van der Waals surface area contributed by atoms with Crippen molar-refractivity contribution in [1.82, 2.24) is 9.13 Å². The van der Waals surface area contributed by atoms with Crippen molar-refractivity contribution in [3.63, 3.8) is 0 Å². The minimum Gasteiger partial charge on any atom is -0.309 e. The average Bonchev–Trinajstić information content (AvgIpc) is 3.83. The van der Waals surface area contributed by atoms with E-state index < -0.39 is 0 Å².